The van der Waals surface area contributed by atoms with Crippen LogP contribution in [0.5, 0.6) is 0 Å². The fraction of sp³-hybridized carbons (Fsp3) is 0.500. The Balaban J connectivity index is 1.27. The fourth-order valence-corrected chi connectivity index (χ4v) is 4.17. The van der Waals surface area contributed by atoms with Crippen molar-refractivity contribution in [3.05, 3.63) is 47.1 Å². The molecule has 10 heteroatoms. The molecule has 34 heavy (non-hydrogen) atoms. The maximum Gasteiger partial charge on any atom is 0.410 e. The number of nitrogens with zero attached hydrogens (tertiary/aromatic N) is 4. The molecule has 4 rings (SSSR count). The zero-order valence-corrected chi connectivity index (χ0v) is 20.3. The van der Waals surface area contributed by atoms with Crippen molar-refractivity contribution in [2.45, 2.75) is 44.9 Å². The lowest BCUT2D eigenvalue weighted by Gasteiger charge is -2.38. The summed E-state index contributed by atoms with van der Waals surface area (Å²) in [5.74, 6) is 0.428. The molecule has 2 aliphatic rings. The van der Waals surface area contributed by atoms with Crippen LogP contribution in [0.1, 0.15) is 39.2 Å². The smallest absolute Gasteiger partial charge is 0.410 e. The van der Waals surface area contributed by atoms with E-state index in [1.807, 2.05) is 25.7 Å². The Morgan fingerprint density at radius 1 is 1.09 bits per heavy atom. The van der Waals surface area contributed by atoms with Gasteiger partial charge in [0.2, 0.25) is 5.91 Å². The van der Waals surface area contributed by atoms with Crippen LogP contribution in [-0.4, -0.2) is 58.9 Å². The average molecular weight is 490 g/mol. The van der Waals surface area contributed by atoms with E-state index in [9.17, 15) is 9.59 Å². The number of rotatable bonds is 4. The molecule has 182 valence electrons. The fourth-order valence-electron chi connectivity index (χ4n) is 4.06. The highest BCUT2D eigenvalue weighted by molar-refractivity contribution is 6.29. The molecule has 0 bridgehead atoms. The van der Waals surface area contributed by atoms with E-state index in [1.165, 1.54) is 0 Å². The second-order valence-corrected chi connectivity index (χ2v) is 10.2. The number of benzene rings is 1. The standard InChI is InChI=1S/C24H29ClFN5O3/c1-23(2,3)34-22(33)30-12-10-24(26,11-13-30)17-4-6-18(7-5-17)27-21(32)16-14-31(15-16)20-9-8-19(25)28-29-20/h4-9,16H,10-15H2,1-3H3,(H,27,32). The van der Waals surface area contributed by atoms with Gasteiger partial charge in [0.15, 0.2) is 11.0 Å². The lowest BCUT2D eigenvalue weighted by atomic mass is 9.86. The number of anilines is 2. The van der Waals surface area contributed by atoms with Gasteiger partial charge in [0, 0.05) is 44.7 Å². The summed E-state index contributed by atoms with van der Waals surface area (Å²) in [4.78, 5) is 28.3. The molecule has 2 aliphatic heterocycles. The van der Waals surface area contributed by atoms with Gasteiger partial charge >= 0.3 is 6.09 Å². The van der Waals surface area contributed by atoms with Crippen molar-refractivity contribution in [2.24, 2.45) is 5.92 Å². The van der Waals surface area contributed by atoms with Gasteiger partial charge in [-0.05, 0) is 50.6 Å². The van der Waals surface area contributed by atoms with Crippen molar-refractivity contribution in [3.63, 3.8) is 0 Å². The number of aromatic nitrogens is 2. The van der Waals surface area contributed by atoms with Gasteiger partial charge in [-0.1, -0.05) is 23.7 Å². The Morgan fingerprint density at radius 2 is 1.74 bits per heavy atom. The topological polar surface area (TPSA) is 87.7 Å². The molecule has 0 atom stereocenters. The summed E-state index contributed by atoms with van der Waals surface area (Å²) in [6, 6.07) is 10.3. The number of likely N-dealkylation sites (tertiary alicyclic amines) is 1. The van der Waals surface area contributed by atoms with E-state index >= 15 is 4.39 Å². The molecule has 2 fully saturated rings. The number of hydrogen-bond donors (Lipinski definition) is 1. The molecule has 0 aliphatic carbocycles. The van der Waals surface area contributed by atoms with E-state index in [0.717, 1.165) is 0 Å². The number of amides is 2. The molecular weight excluding hydrogens is 461 g/mol. The van der Waals surface area contributed by atoms with Gasteiger partial charge in [0.1, 0.15) is 11.3 Å². The normalized spacial score (nSPS) is 18.3. The minimum Gasteiger partial charge on any atom is -0.444 e. The van der Waals surface area contributed by atoms with Crippen molar-refractivity contribution in [2.75, 3.05) is 36.4 Å². The maximum atomic E-state index is 15.6. The third-order valence-corrected chi connectivity index (χ3v) is 6.27. The third kappa shape index (κ3) is 5.58. The number of ether oxygens (including phenoxy) is 1. The van der Waals surface area contributed by atoms with Crippen LogP contribution in [0.2, 0.25) is 5.15 Å². The second kappa shape index (κ2) is 9.37. The zero-order valence-electron chi connectivity index (χ0n) is 19.6. The molecule has 0 unspecified atom stereocenters. The highest BCUT2D eigenvalue weighted by atomic mass is 35.5. The van der Waals surface area contributed by atoms with Crippen LogP contribution in [-0.2, 0) is 15.2 Å². The molecule has 1 aromatic heterocycles. The number of halogens is 2. The van der Waals surface area contributed by atoms with Gasteiger partial charge in [-0.25, -0.2) is 9.18 Å². The lowest BCUT2D eigenvalue weighted by Crippen LogP contribution is -2.52. The van der Waals surface area contributed by atoms with Crippen LogP contribution in [0.25, 0.3) is 0 Å². The zero-order chi connectivity index (χ0) is 24.5. The van der Waals surface area contributed by atoms with E-state index in [2.05, 4.69) is 15.5 Å². The van der Waals surface area contributed by atoms with Gasteiger partial charge in [-0.15, -0.1) is 10.2 Å². The van der Waals surface area contributed by atoms with Gasteiger partial charge in [-0.3, -0.25) is 4.79 Å². The van der Waals surface area contributed by atoms with Crippen molar-refractivity contribution in [1.82, 2.24) is 15.1 Å². The number of hydrogen-bond acceptors (Lipinski definition) is 6. The predicted octanol–water partition coefficient (Wildman–Crippen LogP) is 4.40. The average Bonchev–Trinajstić information content (AvgIpc) is 2.74. The molecule has 0 saturated carbocycles. The summed E-state index contributed by atoms with van der Waals surface area (Å²) in [5.41, 5.74) is -0.933. The highest BCUT2D eigenvalue weighted by Gasteiger charge is 2.39. The maximum absolute atomic E-state index is 15.6. The first kappa shape index (κ1) is 24.2. The molecule has 8 nitrogen and oxygen atoms in total. The number of piperidine rings is 1. The number of nitrogens with one attached hydrogen (secondary N) is 1. The Kier molecular flexibility index (Phi) is 6.66. The molecule has 3 heterocycles. The van der Waals surface area contributed by atoms with E-state index < -0.39 is 17.4 Å². The predicted molar refractivity (Wildman–Crippen MR) is 128 cm³/mol. The molecule has 0 radical (unpaired) electrons. The Hall–Kier alpha value is -2.94. The quantitative estimate of drug-likeness (QED) is 0.684. The van der Waals surface area contributed by atoms with E-state index in [0.29, 0.717) is 48.4 Å². The molecule has 0 spiro atoms. The van der Waals surface area contributed by atoms with Crippen LogP contribution in [0.4, 0.5) is 20.7 Å². The first-order chi connectivity index (χ1) is 16.0. The lowest BCUT2D eigenvalue weighted by molar-refractivity contribution is -0.120. The summed E-state index contributed by atoms with van der Waals surface area (Å²) in [7, 11) is 0. The van der Waals surface area contributed by atoms with Crippen molar-refractivity contribution < 1.29 is 18.7 Å². The molecule has 2 aromatic rings. The van der Waals surface area contributed by atoms with Crippen LogP contribution in [0, 0.1) is 5.92 Å². The minimum atomic E-state index is -1.52. The molecule has 1 aromatic carbocycles. The monoisotopic (exact) mass is 489 g/mol. The van der Waals surface area contributed by atoms with Gasteiger partial charge in [0.25, 0.3) is 0 Å². The van der Waals surface area contributed by atoms with Crippen LogP contribution >= 0.6 is 11.6 Å². The van der Waals surface area contributed by atoms with E-state index in [1.54, 1.807) is 41.3 Å². The van der Waals surface area contributed by atoms with Crippen molar-refractivity contribution in [3.8, 4) is 0 Å². The number of carbonyl (C=O) groups is 2. The molecule has 2 saturated heterocycles. The summed E-state index contributed by atoms with van der Waals surface area (Å²) in [6.45, 7) is 7.10. The summed E-state index contributed by atoms with van der Waals surface area (Å²) in [6.07, 6.45) is -0.0161. The first-order valence-electron chi connectivity index (χ1n) is 11.3. The molecule has 2 amide bonds. The summed E-state index contributed by atoms with van der Waals surface area (Å²) in [5, 5.41) is 11.1. The third-order valence-electron chi connectivity index (χ3n) is 6.07. The first-order valence-corrected chi connectivity index (χ1v) is 11.7. The summed E-state index contributed by atoms with van der Waals surface area (Å²) >= 11 is 5.76. The van der Waals surface area contributed by atoms with E-state index in [-0.39, 0.29) is 24.7 Å². The van der Waals surface area contributed by atoms with Gasteiger partial charge < -0.3 is 19.9 Å². The summed E-state index contributed by atoms with van der Waals surface area (Å²) < 4.78 is 21.0. The van der Waals surface area contributed by atoms with Crippen LogP contribution in [0.3, 0.4) is 0 Å². The van der Waals surface area contributed by atoms with Crippen LogP contribution < -0.4 is 10.2 Å². The molecule has 1 N–H and O–H groups in total. The minimum absolute atomic E-state index is 0.0912. The number of carbonyl (C=O) groups excluding carboxylic acids is 2. The largest absolute Gasteiger partial charge is 0.444 e. The van der Waals surface area contributed by atoms with E-state index in [4.69, 9.17) is 16.3 Å². The molecular formula is C24H29ClFN5O3. The van der Waals surface area contributed by atoms with Gasteiger partial charge in [-0.2, -0.15) is 0 Å². The Labute approximate surface area is 203 Å². The SMILES string of the molecule is CC(C)(C)OC(=O)N1CCC(F)(c2ccc(NC(=O)C3CN(c4ccc(Cl)nn4)C3)cc2)CC1. The Morgan fingerprint density at radius 3 is 2.29 bits per heavy atom. The number of alkyl halides is 1. The highest BCUT2D eigenvalue weighted by Crippen LogP contribution is 2.38. The van der Waals surface area contributed by atoms with Crippen LogP contribution in [0.15, 0.2) is 36.4 Å². The van der Waals surface area contributed by atoms with Gasteiger partial charge in [0.05, 0.1) is 5.92 Å². The van der Waals surface area contributed by atoms with Crippen molar-refractivity contribution >= 4 is 35.1 Å². The Bertz CT molecular complexity index is 1030. The van der Waals surface area contributed by atoms with Crippen molar-refractivity contribution in [1.29, 1.82) is 0 Å². The second-order valence-electron chi connectivity index (χ2n) is 9.82.